The van der Waals surface area contributed by atoms with Crippen LogP contribution in [0.4, 0.5) is 10.5 Å². The average molecular weight is 285 g/mol. The van der Waals surface area contributed by atoms with Gasteiger partial charge in [0.05, 0.1) is 15.7 Å². The number of halogens is 2. The molecule has 0 spiro atoms. The first-order valence-corrected chi connectivity index (χ1v) is 6.62. The second kappa shape index (κ2) is 6.12. The number of carbonyl (C=O) groups is 1. The molecule has 1 aliphatic rings. The van der Waals surface area contributed by atoms with Crippen LogP contribution in [0.3, 0.4) is 0 Å². The van der Waals surface area contributed by atoms with E-state index in [0.717, 1.165) is 12.8 Å². The van der Waals surface area contributed by atoms with E-state index in [9.17, 15) is 4.79 Å². The summed E-state index contributed by atoms with van der Waals surface area (Å²) in [5, 5.41) is 6.14. The third-order valence-corrected chi connectivity index (χ3v) is 3.67. The first-order valence-electron chi connectivity index (χ1n) is 5.86. The number of benzene rings is 1. The Bertz CT molecular complexity index is 478. The maximum atomic E-state index is 11.7. The molecule has 1 fully saturated rings. The summed E-state index contributed by atoms with van der Waals surface area (Å²) >= 11 is 11.8. The van der Waals surface area contributed by atoms with Gasteiger partial charge in [-0.3, -0.25) is 0 Å². The molecule has 0 aromatic heterocycles. The van der Waals surface area contributed by atoms with Gasteiger partial charge in [0.1, 0.15) is 0 Å². The molecule has 1 aliphatic carbocycles. The third-order valence-electron chi connectivity index (χ3n) is 2.85. The fourth-order valence-electron chi connectivity index (χ4n) is 1.90. The number of allylic oxidation sites excluding steroid dienone is 1. The molecule has 0 aliphatic heterocycles. The van der Waals surface area contributed by atoms with Crippen LogP contribution < -0.4 is 10.6 Å². The fraction of sp³-hybridized carbons (Fsp3) is 0.308. The highest BCUT2D eigenvalue weighted by Gasteiger charge is 2.09. The standard InChI is InChI=1S/C13H14Cl2N2O/c14-10-6-3-7-11(12(10)15)17-13(18)16-8-9-4-1-2-5-9/h3,6-8H,1-2,4-5H2,(H2,16,17,18). The van der Waals surface area contributed by atoms with Crippen LogP contribution in [-0.4, -0.2) is 6.03 Å². The van der Waals surface area contributed by atoms with Crippen LogP contribution in [0.5, 0.6) is 0 Å². The van der Waals surface area contributed by atoms with Crippen LogP contribution in [0, 0.1) is 0 Å². The van der Waals surface area contributed by atoms with Crippen molar-refractivity contribution < 1.29 is 4.79 Å². The summed E-state index contributed by atoms with van der Waals surface area (Å²) in [5.74, 6) is 0. The van der Waals surface area contributed by atoms with E-state index in [0.29, 0.717) is 15.7 Å². The van der Waals surface area contributed by atoms with E-state index < -0.39 is 0 Å². The Morgan fingerprint density at radius 2 is 1.94 bits per heavy atom. The summed E-state index contributed by atoms with van der Waals surface area (Å²) in [7, 11) is 0. The zero-order valence-electron chi connectivity index (χ0n) is 9.80. The summed E-state index contributed by atoms with van der Waals surface area (Å²) in [6, 6.07) is 4.81. The van der Waals surface area contributed by atoms with Gasteiger partial charge >= 0.3 is 6.03 Å². The molecule has 0 heterocycles. The number of hydrogen-bond acceptors (Lipinski definition) is 1. The second-order valence-corrected chi connectivity index (χ2v) is 4.99. The summed E-state index contributed by atoms with van der Waals surface area (Å²) in [5.41, 5.74) is 1.79. The number of anilines is 1. The third kappa shape index (κ3) is 3.40. The van der Waals surface area contributed by atoms with Gasteiger partial charge in [0, 0.05) is 6.20 Å². The number of carbonyl (C=O) groups excluding carboxylic acids is 1. The minimum Gasteiger partial charge on any atom is -0.314 e. The molecule has 2 N–H and O–H groups in total. The maximum absolute atomic E-state index is 11.7. The molecular formula is C13H14Cl2N2O. The van der Waals surface area contributed by atoms with Crippen molar-refractivity contribution in [2.24, 2.45) is 0 Å². The highest BCUT2D eigenvalue weighted by Crippen LogP contribution is 2.29. The fourth-order valence-corrected chi connectivity index (χ4v) is 2.25. The highest BCUT2D eigenvalue weighted by molar-refractivity contribution is 6.43. The molecule has 1 saturated carbocycles. The van der Waals surface area contributed by atoms with Crippen LogP contribution in [0.1, 0.15) is 25.7 Å². The summed E-state index contributed by atoms with van der Waals surface area (Å²) in [6.45, 7) is 0. The van der Waals surface area contributed by atoms with Crippen LogP contribution in [0.2, 0.25) is 10.0 Å². The highest BCUT2D eigenvalue weighted by atomic mass is 35.5. The van der Waals surface area contributed by atoms with Gasteiger partial charge < -0.3 is 10.6 Å². The Labute approximate surface area is 116 Å². The topological polar surface area (TPSA) is 41.1 Å². The van der Waals surface area contributed by atoms with Crippen molar-refractivity contribution in [3.05, 3.63) is 40.0 Å². The largest absolute Gasteiger partial charge is 0.323 e. The normalized spacial score (nSPS) is 14.4. The van der Waals surface area contributed by atoms with Gasteiger partial charge in [0.25, 0.3) is 0 Å². The van der Waals surface area contributed by atoms with Crippen molar-refractivity contribution in [2.45, 2.75) is 25.7 Å². The maximum Gasteiger partial charge on any atom is 0.323 e. The molecule has 3 nitrogen and oxygen atoms in total. The van der Waals surface area contributed by atoms with Crippen molar-refractivity contribution in [2.75, 3.05) is 5.32 Å². The average Bonchev–Trinajstić information content (AvgIpc) is 2.86. The number of rotatable bonds is 2. The molecule has 1 aromatic rings. The summed E-state index contributed by atoms with van der Waals surface area (Å²) in [6.07, 6.45) is 6.32. The Hall–Kier alpha value is -1.19. The molecule has 0 unspecified atom stereocenters. The van der Waals surface area contributed by atoms with Crippen molar-refractivity contribution in [1.82, 2.24) is 5.32 Å². The van der Waals surface area contributed by atoms with Gasteiger partial charge in [-0.2, -0.15) is 0 Å². The van der Waals surface area contributed by atoms with E-state index in [1.807, 2.05) is 0 Å². The van der Waals surface area contributed by atoms with E-state index in [-0.39, 0.29) is 6.03 Å². The lowest BCUT2D eigenvalue weighted by Gasteiger charge is -2.08. The van der Waals surface area contributed by atoms with E-state index in [4.69, 9.17) is 23.2 Å². The minimum absolute atomic E-state index is 0.307. The van der Waals surface area contributed by atoms with E-state index in [1.165, 1.54) is 18.4 Å². The number of hydrogen-bond donors (Lipinski definition) is 2. The van der Waals surface area contributed by atoms with E-state index in [2.05, 4.69) is 10.6 Å². The van der Waals surface area contributed by atoms with Gasteiger partial charge in [0.15, 0.2) is 0 Å². The van der Waals surface area contributed by atoms with Crippen LogP contribution in [0.25, 0.3) is 0 Å². The lowest BCUT2D eigenvalue weighted by atomic mass is 10.2. The smallest absolute Gasteiger partial charge is 0.314 e. The van der Waals surface area contributed by atoms with Crippen LogP contribution in [0.15, 0.2) is 30.0 Å². The number of amides is 2. The number of urea groups is 1. The molecule has 18 heavy (non-hydrogen) atoms. The molecule has 0 radical (unpaired) electrons. The second-order valence-electron chi connectivity index (χ2n) is 4.21. The van der Waals surface area contributed by atoms with Gasteiger partial charge in [0.2, 0.25) is 0 Å². The Balaban J connectivity index is 1.94. The monoisotopic (exact) mass is 284 g/mol. The molecule has 0 atom stereocenters. The molecule has 96 valence electrons. The van der Waals surface area contributed by atoms with Gasteiger partial charge in [-0.1, -0.05) is 34.8 Å². The zero-order chi connectivity index (χ0) is 13.0. The predicted molar refractivity (Wildman–Crippen MR) is 75.2 cm³/mol. The van der Waals surface area contributed by atoms with Crippen molar-refractivity contribution in [3.8, 4) is 0 Å². The number of nitrogens with one attached hydrogen (secondary N) is 2. The molecule has 2 rings (SSSR count). The molecule has 5 heteroatoms. The van der Waals surface area contributed by atoms with Crippen molar-refractivity contribution in [3.63, 3.8) is 0 Å². The van der Waals surface area contributed by atoms with Gasteiger partial charge in [-0.15, -0.1) is 0 Å². The van der Waals surface area contributed by atoms with Crippen molar-refractivity contribution >= 4 is 34.9 Å². The molecular weight excluding hydrogens is 271 g/mol. The Kier molecular flexibility index (Phi) is 4.50. The first kappa shape index (κ1) is 13.2. The van der Waals surface area contributed by atoms with Gasteiger partial charge in [-0.25, -0.2) is 4.79 Å². The quantitative estimate of drug-likeness (QED) is 0.820. The molecule has 0 bridgehead atoms. The predicted octanol–water partition coefficient (Wildman–Crippen LogP) is 4.57. The summed E-state index contributed by atoms with van der Waals surface area (Å²) in [4.78, 5) is 11.7. The Morgan fingerprint density at radius 3 is 2.67 bits per heavy atom. The zero-order valence-corrected chi connectivity index (χ0v) is 11.3. The van der Waals surface area contributed by atoms with Crippen molar-refractivity contribution in [1.29, 1.82) is 0 Å². The van der Waals surface area contributed by atoms with Gasteiger partial charge in [-0.05, 0) is 37.8 Å². The molecule has 0 saturated heterocycles. The van der Waals surface area contributed by atoms with E-state index >= 15 is 0 Å². The lowest BCUT2D eigenvalue weighted by molar-refractivity contribution is 0.255. The van der Waals surface area contributed by atoms with E-state index in [1.54, 1.807) is 24.4 Å². The minimum atomic E-state index is -0.307. The SMILES string of the molecule is O=C(NC=C1CCCC1)Nc1cccc(Cl)c1Cl. The van der Waals surface area contributed by atoms with Crippen LogP contribution in [-0.2, 0) is 0 Å². The van der Waals surface area contributed by atoms with Crippen LogP contribution >= 0.6 is 23.2 Å². The summed E-state index contributed by atoms with van der Waals surface area (Å²) < 4.78 is 0. The molecule has 2 amide bonds. The molecule has 1 aromatic carbocycles. The Morgan fingerprint density at radius 1 is 1.22 bits per heavy atom. The first-order chi connectivity index (χ1) is 8.66. The lowest BCUT2D eigenvalue weighted by Crippen LogP contribution is -2.24.